The molecule has 0 N–H and O–H groups in total. The van der Waals surface area contributed by atoms with Gasteiger partial charge in [-0.25, -0.2) is 8.42 Å². The second-order valence-electron chi connectivity index (χ2n) is 6.92. The fraction of sp³-hybridized carbons (Fsp3) is 0.263. The maximum Gasteiger partial charge on any atom is 0.278 e. The van der Waals surface area contributed by atoms with E-state index >= 15 is 0 Å². The van der Waals surface area contributed by atoms with Crippen LogP contribution in [0, 0.1) is 0 Å². The molecular weight excluding hydrogens is 336 g/mol. The van der Waals surface area contributed by atoms with Gasteiger partial charge < -0.3 is 4.90 Å². The fourth-order valence-electron chi connectivity index (χ4n) is 2.53. The Morgan fingerprint density at radius 1 is 0.960 bits per heavy atom. The Kier molecular flexibility index (Phi) is 4.24. The van der Waals surface area contributed by atoms with Gasteiger partial charge in [0.25, 0.3) is 15.9 Å². The summed E-state index contributed by atoms with van der Waals surface area (Å²) in [4.78, 5) is 14.5. The number of carbonyl (C=O) groups excluding carboxylic acids is 1. The van der Waals surface area contributed by atoms with E-state index < -0.39 is 20.7 Å². The molecule has 1 aliphatic heterocycles. The first-order valence-electron chi connectivity index (χ1n) is 8.00. The molecule has 1 amide bonds. The molecule has 6 heteroatoms. The number of amides is 1. The Bertz CT molecular complexity index is 942. The van der Waals surface area contributed by atoms with Crippen molar-refractivity contribution in [2.75, 3.05) is 4.90 Å². The van der Waals surface area contributed by atoms with Crippen molar-refractivity contribution in [1.29, 1.82) is 0 Å². The molecule has 0 saturated carbocycles. The number of rotatable bonds is 3. The van der Waals surface area contributed by atoms with Crippen molar-refractivity contribution in [3.8, 4) is 0 Å². The molecule has 25 heavy (non-hydrogen) atoms. The van der Waals surface area contributed by atoms with Crippen LogP contribution in [0.3, 0.4) is 0 Å². The van der Waals surface area contributed by atoms with Crippen molar-refractivity contribution in [3.63, 3.8) is 0 Å². The molecule has 5 nitrogen and oxygen atoms in total. The van der Waals surface area contributed by atoms with E-state index in [1.165, 1.54) is 0 Å². The van der Waals surface area contributed by atoms with Gasteiger partial charge in [0.2, 0.25) is 0 Å². The zero-order chi connectivity index (χ0) is 18.2. The summed E-state index contributed by atoms with van der Waals surface area (Å²) >= 11 is 0. The van der Waals surface area contributed by atoms with Gasteiger partial charge >= 0.3 is 0 Å². The number of hydrogen-bond donors (Lipinski definition) is 0. The number of benzene rings is 2. The quantitative estimate of drug-likeness (QED) is 0.848. The molecule has 0 spiro atoms. The van der Waals surface area contributed by atoms with E-state index in [0.717, 1.165) is 5.56 Å². The van der Waals surface area contributed by atoms with E-state index in [9.17, 15) is 13.2 Å². The van der Waals surface area contributed by atoms with Crippen LogP contribution >= 0.6 is 0 Å². The number of nitrogens with zero attached hydrogens (tertiary/aromatic N) is 2. The van der Waals surface area contributed by atoms with Gasteiger partial charge in [0.1, 0.15) is 0 Å². The topological polar surface area (TPSA) is 66.8 Å². The molecule has 0 unspecified atom stereocenters. The molecule has 0 fully saturated rings. The molecule has 0 atom stereocenters. The summed E-state index contributed by atoms with van der Waals surface area (Å²) < 4.78 is 27.8. The van der Waals surface area contributed by atoms with Crippen molar-refractivity contribution >= 4 is 27.3 Å². The third-order valence-corrected chi connectivity index (χ3v) is 6.04. The van der Waals surface area contributed by atoms with Gasteiger partial charge in [-0.3, -0.25) is 4.79 Å². The first kappa shape index (κ1) is 17.4. The van der Waals surface area contributed by atoms with E-state index in [-0.39, 0.29) is 5.71 Å². The second-order valence-corrected chi connectivity index (χ2v) is 9.28. The van der Waals surface area contributed by atoms with Crippen LogP contribution in [0.1, 0.15) is 31.9 Å². The molecule has 0 radical (unpaired) electrons. The predicted molar refractivity (Wildman–Crippen MR) is 99.3 cm³/mol. The third-order valence-electron chi connectivity index (χ3n) is 4.07. The van der Waals surface area contributed by atoms with E-state index in [1.54, 1.807) is 37.8 Å². The summed E-state index contributed by atoms with van der Waals surface area (Å²) in [7, 11) is -3.81. The minimum Gasteiger partial charge on any atom is -0.302 e. The lowest BCUT2D eigenvalue weighted by Gasteiger charge is -2.17. The van der Waals surface area contributed by atoms with Gasteiger partial charge in [-0.15, -0.1) is 0 Å². The maximum absolute atomic E-state index is 12.9. The van der Waals surface area contributed by atoms with Gasteiger partial charge in [-0.2, -0.15) is 4.40 Å². The Labute approximate surface area is 148 Å². The van der Waals surface area contributed by atoms with Gasteiger partial charge in [0.15, 0.2) is 5.71 Å². The Hall–Kier alpha value is -2.47. The number of anilines is 1. The maximum atomic E-state index is 12.9. The van der Waals surface area contributed by atoms with Crippen molar-refractivity contribution < 1.29 is 13.2 Å². The summed E-state index contributed by atoms with van der Waals surface area (Å²) in [6.45, 7) is 5.07. The molecule has 2 aromatic carbocycles. The van der Waals surface area contributed by atoms with E-state index in [1.807, 2.05) is 42.5 Å². The lowest BCUT2D eigenvalue weighted by Crippen LogP contribution is -2.32. The third kappa shape index (κ3) is 3.22. The van der Waals surface area contributed by atoms with Crippen LogP contribution in [0.25, 0.3) is 0 Å². The Balaban J connectivity index is 2.07. The first-order valence-corrected chi connectivity index (χ1v) is 9.44. The van der Waals surface area contributed by atoms with Crippen LogP contribution in [0.15, 0.2) is 59.0 Å². The number of sulfonamides is 1. The standard InChI is InChI=1S/C19H20N2O3S/c1-19(2,3)25(23,24)20-17-15-11-7-8-12-16(15)21(18(17)22)13-14-9-5-4-6-10-14/h4-12H,13H2,1-3H3/b20-17+. The molecule has 3 rings (SSSR count). The highest BCUT2D eigenvalue weighted by molar-refractivity contribution is 7.91. The SMILES string of the molecule is CC(C)(C)S(=O)(=O)/N=C1/C(=O)N(Cc2ccccc2)c2ccccc21. The Morgan fingerprint density at radius 3 is 2.20 bits per heavy atom. The van der Waals surface area contributed by atoms with Crippen LogP contribution < -0.4 is 4.90 Å². The van der Waals surface area contributed by atoms with Crippen LogP contribution in [0.5, 0.6) is 0 Å². The molecule has 0 bridgehead atoms. The number of hydrogen-bond acceptors (Lipinski definition) is 3. The van der Waals surface area contributed by atoms with Crippen molar-refractivity contribution in [2.45, 2.75) is 32.1 Å². The zero-order valence-electron chi connectivity index (χ0n) is 14.4. The molecule has 0 aromatic heterocycles. The number of para-hydroxylation sites is 1. The minimum atomic E-state index is -3.81. The van der Waals surface area contributed by atoms with Gasteiger partial charge in [-0.05, 0) is 32.4 Å². The molecule has 2 aromatic rings. The summed E-state index contributed by atoms with van der Waals surface area (Å²) in [6.07, 6.45) is 0. The largest absolute Gasteiger partial charge is 0.302 e. The Morgan fingerprint density at radius 2 is 1.56 bits per heavy atom. The molecule has 0 aliphatic carbocycles. The highest BCUT2D eigenvalue weighted by Gasteiger charge is 2.37. The highest BCUT2D eigenvalue weighted by atomic mass is 32.2. The average Bonchev–Trinajstić information content (AvgIpc) is 2.81. The van der Waals surface area contributed by atoms with Gasteiger partial charge in [0, 0.05) is 5.56 Å². The van der Waals surface area contributed by atoms with E-state index in [4.69, 9.17) is 0 Å². The molecule has 130 valence electrons. The zero-order valence-corrected chi connectivity index (χ0v) is 15.2. The first-order chi connectivity index (χ1) is 11.7. The van der Waals surface area contributed by atoms with Crippen LogP contribution in [0.2, 0.25) is 0 Å². The fourth-order valence-corrected chi connectivity index (χ4v) is 3.22. The summed E-state index contributed by atoms with van der Waals surface area (Å²) in [6, 6.07) is 16.7. The number of fused-ring (bicyclic) bond motifs is 1. The monoisotopic (exact) mass is 356 g/mol. The van der Waals surface area contributed by atoms with Crippen molar-refractivity contribution in [3.05, 3.63) is 65.7 Å². The summed E-state index contributed by atoms with van der Waals surface area (Å²) in [5.74, 6) is -0.391. The van der Waals surface area contributed by atoms with Gasteiger partial charge in [0.05, 0.1) is 17.0 Å². The lowest BCUT2D eigenvalue weighted by molar-refractivity contribution is -0.112. The van der Waals surface area contributed by atoms with E-state index in [2.05, 4.69) is 4.40 Å². The second kappa shape index (κ2) is 6.11. The molecule has 1 heterocycles. The molecule has 0 saturated heterocycles. The predicted octanol–water partition coefficient (Wildman–Crippen LogP) is 3.15. The smallest absolute Gasteiger partial charge is 0.278 e. The van der Waals surface area contributed by atoms with Crippen molar-refractivity contribution in [2.24, 2.45) is 4.40 Å². The molecular formula is C19H20N2O3S. The minimum absolute atomic E-state index is 0.0125. The lowest BCUT2D eigenvalue weighted by atomic mass is 10.1. The highest BCUT2D eigenvalue weighted by Crippen LogP contribution is 2.32. The van der Waals surface area contributed by atoms with Crippen LogP contribution in [-0.2, 0) is 21.4 Å². The summed E-state index contributed by atoms with van der Waals surface area (Å²) in [5.41, 5.74) is 2.18. The summed E-state index contributed by atoms with van der Waals surface area (Å²) in [5, 5.41) is 0. The average molecular weight is 356 g/mol. The number of carbonyl (C=O) groups is 1. The van der Waals surface area contributed by atoms with Crippen molar-refractivity contribution in [1.82, 2.24) is 0 Å². The normalized spacial score (nSPS) is 16.4. The van der Waals surface area contributed by atoms with Gasteiger partial charge in [-0.1, -0.05) is 48.5 Å². The van der Waals surface area contributed by atoms with Crippen LogP contribution in [0.4, 0.5) is 5.69 Å². The van der Waals surface area contributed by atoms with E-state index in [0.29, 0.717) is 17.8 Å². The molecule has 1 aliphatic rings. The van der Waals surface area contributed by atoms with Crippen LogP contribution in [-0.4, -0.2) is 24.8 Å².